The van der Waals surface area contributed by atoms with E-state index in [-0.39, 0.29) is 23.1 Å². The number of alkyl halides is 3. The molecule has 0 radical (unpaired) electrons. The normalized spacial score (nSPS) is 17.4. The van der Waals surface area contributed by atoms with Gasteiger partial charge in [-0.05, 0) is 104 Å². The number of ether oxygens (including phenoxy) is 1. The quantitative estimate of drug-likeness (QED) is 0.298. The number of likely N-dealkylation sites (tertiary alicyclic amines) is 1. The summed E-state index contributed by atoms with van der Waals surface area (Å²) < 4.78 is 47.1. The summed E-state index contributed by atoms with van der Waals surface area (Å²) >= 11 is 0. The molecule has 1 aliphatic heterocycles. The van der Waals surface area contributed by atoms with Gasteiger partial charge in [-0.15, -0.1) is 0 Å². The molecule has 0 spiro atoms. The van der Waals surface area contributed by atoms with Crippen LogP contribution in [0.3, 0.4) is 0 Å². The van der Waals surface area contributed by atoms with E-state index in [0.717, 1.165) is 43.1 Å². The molecular weight excluding hydrogens is 533 g/mol. The van der Waals surface area contributed by atoms with Crippen LogP contribution >= 0.6 is 0 Å². The number of H-pyrrole nitrogens is 1. The van der Waals surface area contributed by atoms with Crippen molar-refractivity contribution in [1.29, 1.82) is 0 Å². The van der Waals surface area contributed by atoms with Gasteiger partial charge in [-0.3, -0.25) is 14.5 Å². The highest BCUT2D eigenvalue weighted by atomic mass is 19.4. The zero-order valence-electron chi connectivity index (χ0n) is 22.3. The number of hydrogen-bond acceptors (Lipinski definition) is 5. The van der Waals surface area contributed by atoms with Crippen LogP contribution in [0, 0.1) is 5.92 Å². The lowest BCUT2D eigenvalue weighted by atomic mass is 9.83. The Hall–Kier alpha value is -4.18. The average molecular weight is 563 g/mol. The van der Waals surface area contributed by atoms with Crippen LogP contribution in [-0.2, 0) is 30.4 Å². The van der Waals surface area contributed by atoms with E-state index in [4.69, 9.17) is 4.74 Å². The Morgan fingerprint density at radius 2 is 1.88 bits per heavy atom. The topological polar surface area (TPSA) is 87.3 Å². The molecule has 0 bridgehead atoms. The highest BCUT2D eigenvalue weighted by molar-refractivity contribution is 5.93. The SMILES string of the molecule is O=C(Nc1cc(CN2CCCC2)cc(C(F)(F)F)c1)C1CCc2ccc(Oc3ccnc4[nH]c(=O)ccc34)cc2C1. The van der Waals surface area contributed by atoms with Crippen LogP contribution in [0.4, 0.5) is 18.9 Å². The molecule has 4 aromatic rings. The summed E-state index contributed by atoms with van der Waals surface area (Å²) in [5.74, 6) is 0.428. The van der Waals surface area contributed by atoms with Crippen molar-refractivity contribution in [3.05, 3.63) is 93.4 Å². The lowest BCUT2D eigenvalue weighted by Gasteiger charge is -2.25. The van der Waals surface area contributed by atoms with E-state index in [1.807, 2.05) is 18.2 Å². The number of carbonyl (C=O) groups excluding carboxylic acids is 1. The first-order valence-corrected chi connectivity index (χ1v) is 13.7. The first-order valence-electron chi connectivity index (χ1n) is 13.7. The van der Waals surface area contributed by atoms with E-state index in [0.29, 0.717) is 53.9 Å². The maximum Gasteiger partial charge on any atom is 0.416 e. The van der Waals surface area contributed by atoms with Crippen molar-refractivity contribution in [2.45, 2.75) is 44.8 Å². The van der Waals surface area contributed by atoms with Gasteiger partial charge in [-0.25, -0.2) is 4.98 Å². The van der Waals surface area contributed by atoms with Gasteiger partial charge in [-0.1, -0.05) is 6.07 Å². The molecule has 10 heteroatoms. The summed E-state index contributed by atoms with van der Waals surface area (Å²) in [6, 6.07) is 14.3. The van der Waals surface area contributed by atoms with Gasteiger partial charge in [-0.2, -0.15) is 13.2 Å². The van der Waals surface area contributed by atoms with E-state index >= 15 is 0 Å². The fourth-order valence-corrected chi connectivity index (χ4v) is 5.73. The fraction of sp³-hybridized carbons (Fsp3) is 0.323. The Morgan fingerprint density at radius 3 is 2.68 bits per heavy atom. The lowest BCUT2D eigenvalue weighted by Crippen LogP contribution is -2.28. The number of nitrogens with one attached hydrogen (secondary N) is 2. The van der Waals surface area contributed by atoms with Crippen molar-refractivity contribution in [2.24, 2.45) is 5.92 Å². The summed E-state index contributed by atoms with van der Waals surface area (Å²) in [7, 11) is 0. The summed E-state index contributed by atoms with van der Waals surface area (Å²) in [5.41, 5.74) is 2.19. The summed E-state index contributed by atoms with van der Waals surface area (Å²) in [6.45, 7) is 2.15. The number of amides is 1. The Morgan fingerprint density at radius 1 is 1.05 bits per heavy atom. The summed E-state index contributed by atoms with van der Waals surface area (Å²) in [5, 5.41) is 3.43. The number of aromatic amines is 1. The smallest absolute Gasteiger partial charge is 0.416 e. The molecule has 3 heterocycles. The number of nitrogens with zero attached hydrogens (tertiary/aromatic N) is 2. The Balaban J connectivity index is 1.18. The second kappa shape index (κ2) is 11.0. The van der Waals surface area contributed by atoms with Crippen LogP contribution in [0.25, 0.3) is 11.0 Å². The van der Waals surface area contributed by atoms with Gasteiger partial charge in [0, 0.05) is 30.4 Å². The highest BCUT2D eigenvalue weighted by Crippen LogP contribution is 2.35. The van der Waals surface area contributed by atoms with Crippen LogP contribution in [0.1, 0.15) is 41.5 Å². The molecule has 1 amide bonds. The minimum atomic E-state index is -4.50. The number of aromatic nitrogens is 2. The van der Waals surface area contributed by atoms with Gasteiger partial charge >= 0.3 is 6.18 Å². The molecule has 212 valence electrons. The van der Waals surface area contributed by atoms with Gasteiger partial charge in [0.05, 0.1) is 10.9 Å². The second-order valence-corrected chi connectivity index (χ2v) is 10.8. The average Bonchev–Trinajstić information content (AvgIpc) is 3.45. The van der Waals surface area contributed by atoms with Crippen LogP contribution in [-0.4, -0.2) is 33.9 Å². The molecule has 7 nitrogen and oxygen atoms in total. The first kappa shape index (κ1) is 27.0. The monoisotopic (exact) mass is 562 g/mol. The predicted molar refractivity (Wildman–Crippen MR) is 149 cm³/mol. The van der Waals surface area contributed by atoms with Gasteiger partial charge in [0.15, 0.2) is 0 Å². The van der Waals surface area contributed by atoms with Crippen LogP contribution in [0.5, 0.6) is 11.5 Å². The molecule has 6 rings (SSSR count). The second-order valence-electron chi connectivity index (χ2n) is 10.8. The Bertz CT molecular complexity index is 1660. The number of anilines is 1. The van der Waals surface area contributed by atoms with Crippen LogP contribution in [0.2, 0.25) is 0 Å². The largest absolute Gasteiger partial charge is 0.457 e. The van der Waals surface area contributed by atoms with E-state index in [1.165, 1.54) is 12.1 Å². The van der Waals surface area contributed by atoms with Gasteiger partial charge < -0.3 is 15.0 Å². The lowest BCUT2D eigenvalue weighted by molar-refractivity contribution is -0.137. The number of hydrogen-bond donors (Lipinski definition) is 2. The van der Waals surface area contributed by atoms with Gasteiger partial charge in [0.1, 0.15) is 17.1 Å². The van der Waals surface area contributed by atoms with Gasteiger partial charge in [0.25, 0.3) is 0 Å². The summed E-state index contributed by atoms with van der Waals surface area (Å²) in [6.07, 6.45) is 0.850. The molecular formula is C31H29F3N4O3. The molecule has 1 aliphatic carbocycles. The number of halogens is 3. The third-order valence-electron chi connectivity index (χ3n) is 7.79. The summed E-state index contributed by atoms with van der Waals surface area (Å²) in [4.78, 5) is 33.9. The van der Waals surface area contributed by atoms with Crippen molar-refractivity contribution in [3.8, 4) is 11.5 Å². The third kappa shape index (κ3) is 6.12. The van der Waals surface area contributed by atoms with Gasteiger partial charge in [0.2, 0.25) is 11.5 Å². The van der Waals surface area contributed by atoms with E-state index in [1.54, 1.807) is 24.4 Å². The molecule has 1 atom stereocenters. The van der Waals surface area contributed by atoms with Crippen molar-refractivity contribution in [3.63, 3.8) is 0 Å². The maximum atomic E-state index is 13.7. The standard InChI is InChI=1S/C31H29F3N4O3/c32-31(33,34)23-13-19(18-38-11-1-2-12-38)14-24(17-23)36-30(40)21-4-3-20-5-6-25(16-22(20)15-21)41-27-9-10-35-29-26(27)7-8-28(39)37-29/h5-10,13-14,16-17,21H,1-4,11-12,15,18H2,(H,36,40)(H,35,37,39). The minimum absolute atomic E-state index is 0.171. The van der Waals surface area contributed by atoms with Crippen LogP contribution in [0.15, 0.2) is 65.6 Å². The number of rotatable bonds is 6. The van der Waals surface area contributed by atoms with E-state index in [2.05, 4.69) is 20.2 Å². The van der Waals surface area contributed by atoms with Crippen LogP contribution < -0.4 is 15.6 Å². The minimum Gasteiger partial charge on any atom is -0.457 e. The highest BCUT2D eigenvalue weighted by Gasteiger charge is 2.32. The number of aryl methyl sites for hydroxylation is 1. The molecule has 2 N–H and O–H groups in total. The fourth-order valence-electron chi connectivity index (χ4n) is 5.73. The zero-order chi connectivity index (χ0) is 28.6. The van der Waals surface area contributed by atoms with Crippen molar-refractivity contribution < 1.29 is 22.7 Å². The first-order chi connectivity index (χ1) is 19.7. The molecule has 1 saturated heterocycles. The van der Waals surface area contributed by atoms with Crippen molar-refractivity contribution in [2.75, 3.05) is 18.4 Å². The Kier molecular flexibility index (Phi) is 7.25. The molecule has 1 fully saturated rings. The molecule has 2 aliphatic rings. The molecule has 0 saturated carbocycles. The maximum absolute atomic E-state index is 13.7. The van der Waals surface area contributed by atoms with E-state index in [9.17, 15) is 22.8 Å². The van der Waals surface area contributed by atoms with Crippen molar-refractivity contribution >= 4 is 22.6 Å². The molecule has 2 aromatic carbocycles. The predicted octanol–water partition coefficient (Wildman–Crippen LogP) is 6.07. The zero-order valence-corrected chi connectivity index (χ0v) is 22.3. The molecule has 2 aromatic heterocycles. The number of benzene rings is 2. The van der Waals surface area contributed by atoms with Crippen molar-refractivity contribution in [1.82, 2.24) is 14.9 Å². The molecule has 1 unspecified atom stereocenters. The molecule has 41 heavy (non-hydrogen) atoms. The third-order valence-corrected chi connectivity index (χ3v) is 7.79. The number of fused-ring (bicyclic) bond motifs is 2. The Labute approximate surface area is 234 Å². The number of pyridine rings is 2. The number of carbonyl (C=O) groups is 1. The van der Waals surface area contributed by atoms with E-state index < -0.39 is 11.7 Å².